The zero-order valence-corrected chi connectivity index (χ0v) is 19.5. The van der Waals surface area contributed by atoms with Crippen molar-refractivity contribution in [1.82, 2.24) is 0 Å². The minimum absolute atomic E-state index is 0. The maximum atomic E-state index is 11.7. The van der Waals surface area contributed by atoms with Crippen molar-refractivity contribution in [3.05, 3.63) is 48.0 Å². The molecule has 1 N–H and O–H groups in total. The van der Waals surface area contributed by atoms with Crippen LogP contribution in [-0.4, -0.2) is 13.0 Å². The third kappa shape index (κ3) is 8.53. The number of aryl methyl sites for hydroxylation is 1. The van der Waals surface area contributed by atoms with E-state index >= 15 is 0 Å². The van der Waals surface area contributed by atoms with Gasteiger partial charge in [0.2, 0.25) is 0 Å². The van der Waals surface area contributed by atoms with Gasteiger partial charge in [0.15, 0.2) is 0 Å². The first-order valence-electron chi connectivity index (χ1n) is 9.45. The van der Waals surface area contributed by atoms with Crippen LogP contribution in [0.2, 0.25) is 0 Å². The van der Waals surface area contributed by atoms with E-state index in [9.17, 15) is 13.5 Å². The molecule has 0 radical (unpaired) electrons. The van der Waals surface area contributed by atoms with Gasteiger partial charge in [-0.1, -0.05) is 57.6 Å². The van der Waals surface area contributed by atoms with Crippen LogP contribution in [0.25, 0.3) is 0 Å². The van der Waals surface area contributed by atoms with Crippen LogP contribution in [0.5, 0.6) is 17.2 Å². The average Bonchev–Trinajstić information content (AvgIpc) is 2.62. The summed E-state index contributed by atoms with van der Waals surface area (Å²) in [6.07, 6.45) is 9.30. The molecule has 0 atom stereocenters. The molecule has 0 unspecified atom stereocenters. The smallest absolute Gasteiger partial charge is 0.872 e. The first-order chi connectivity index (χ1) is 12.9. The third-order valence-electron chi connectivity index (χ3n) is 4.44. The van der Waals surface area contributed by atoms with Gasteiger partial charge in [-0.05, 0) is 48.7 Å². The van der Waals surface area contributed by atoms with Crippen LogP contribution in [0.15, 0.2) is 47.4 Å². The maximum Gasteiger partial charge on any atom is 1.00 e. The Hall–Kier alpha value is -1.05. The largest absolute Gasteiger partial charge is 1.00 e. The minimum atomic E-state index is -4.24. The summed E-state index contributed by atoms with van der Waals surface area (Å²) in [4.78, 5) is -0.198. The molecule has 0 aliphatic carbocycles. The molecule has 0 aromatic heterocycles. The zero-order valence-electron chi connectivity index (χ0n) is 16.7. The molecule has 0 fully saturated rings. The number of ether oxygens (including phenoxy) is 1. The predicted octanol–water partition coefficient (Wildman–Crippen LogP) is 2.10. The summed E-state index contributed by atoms with van der Waals surface area (Å²) in [7, 11) is -4.24. The molecule has 2 aromatic carbocycles. The Kier molecular flexibility index (Phi) is 11.2. The topological polar surface area (TPSA) is 86.7 Å². The van der Waals surface area contributed by atoms with Gasteiger partial charge in [0, 0.05) is 0 Å². The summed E-state index contributed by atoms with van der Waals surface area (Å²) in [5, 5.41) is 11.7. The monoisotopic (exact) mass is 414 g/mol. The van der Waals surface area contributed by atoms with E-state index in [1.807, 2.05) is 0 Å². The Morgan fingerprint density at radius 3 is 2.14 bits per heavy atom. The summed E-state index contributed by atoms with van der Waals surface area (Å²) < 4.78 is 37.0. The molecule has 0 heterocycles. The first kappa shape index (κ1) is 25.0. The normalized spacial score (nSPS) is 11.1. The van der Waals surface area contributed by atoms with Crippen molar-refractivity contribution in [1.29, 1.82) is 0 Å². The van der Waals surface area contributed by atoms with Gasteiger partial charge in [0.25, 0.3) is 10.1 Å². The standard InChI is InChI=1S/C21H28O5S.Na/c1-2-3-4-5-6-7-8-9-17-10-11-18(22)16-21(17)26-19-12-14-20(15-13-19)27(23,24)25;/h10-16,22H,2-9H2,1H3,(H,23,24,25);/q;+1/p-1. The summed E-state index contributed by atoms with van der Waals surface area (Å²) in [5.41, 5.74) is 0.960. The molecular weight excluding hydrogens is 387 g/mol. The first-order valence-corrected chi connectivity index (χ1v) is 10.9. The Bertz CT molecular complexity index is 819. The molecule has 5 nitrogen and oxygen atoms in total. The average molecular weight is 414 g/mol. The molecule has 0 amide bonds. The Morgan fingerprint density at radius 2 is 1.54 bits per heavy atom. The van der Waals surface area contributed by atoms with Crippen LogP contribution < -0.4 is 39.4 Å². The van der Waals surface area contributed by atoms with E-state index in [1.165, 1.54) is 68.5 Å². The third-order valence-corrected chi connectivity index (χ3v) is 5.31. The van der Waals surface area contributed by atoms with Gasteiger partial charge < -0.3 is 9.84 Å². The fraction of sp³-hybridized carbons (Fsp3) is 0.429. The molecule has 0 aliphatic rings. The van der Waals surface area contributed by atoms with E-state index in [0.29, 0.717) is 11.5 Å². The fourth-order valence-corrected chi connectivity index (χ4v) is 3.40. The van der Waals surface area contributed by atoms with Crippen molar-refractivity contribution in [2.24, 2.45) is 0 Å². The van der Waals surface area contributed by atoms with Gasteiger partial charge in [-0.3, -0.25) is 4.55 Å². The van der Waals surface area contributed by atoms with Gasteiger partial charge in [-0.2, -0.15) is 8.42 Å². The van der Waals surface area contributed by atoms with Crippen LogP contribution in [-0.2, 0) is 16.5 Å². The second kappa shape index (κ2) is 12.5. The van der Waals surface area contributed by atoms with Crippen molar-refractivity contribution >= 4 is 10.1 Å². The second-order valence-corrected chi connectivity index (χ2v) is 8.11. The van der Waals surface area contributed by atoms with E-state index in [0.717, 1.165) is 24.8 Å². The number of hydrogen-bond acceptors (Lipinski definition) is 4. The van der Waals surface area contributed by atoms with Crippen LogP contribution >= 0.6 is 0 Å². The van der Waals surface area contributed by atoms with Gasteiger partial charge in [-0.15, -0.1) is 5.75 Å². The van der Waals surface area contributed by atoms with Crippen molar-refractivity contribution < 1.29 is 52.4 Å². The molecule has 28 heavy (non-hydrogen) atoms. The van der Waals surface area contributed by atoms with E-state index in [1.54, 1.807) is 6.07 Å². The Balaban J connectivity index is 0.00000392. The van der Waals surface area contributed by atoms with E-state index in [2.05, 4.69) is 6.92 Å². The van der Waals surface area contributed by atoms with Gasteiger partial charge in [0.1, 0.15) is 11.5 Å². The SMILES string of the molecule is CCCCCCCCCc1ccc([O-])cc1Oc1ccc(S(=O)(=O)O)cc1.[Na+]. The van der Waals surface area contributed by atoms with Crippen LogP contribution in [0.4, 0.5) is 0 Å². The Morgan fingerprint density at radius 1 is 0.929 bits per heavy atom. The number of hydrogen-bond donors (Lipinski definition) is 1. The molecule has 2 rings (SSSR count). The molecule has 0 saturated heterocycles. The van der Waals surface area contributed by atoms with Crippen LogP contribution in [0.1, 0.15) is 57.4 Å². The van der Waals surface area contributed by atoms with Crippen LogP contribution in [0.3, 0.4) is 0 Å². The minimum Gasteiger partial charge on any atom is -0.872 e. The molecule has 7 heteroatoms. The van der Waals surface area contributed by atoms with Crippen LogP contribution in [0, 0.1) is 0 Å². The summed E-state index contributed by atoms with van der Waals surface area (Å²) in [6.45, 7) is 2.21. The number of unbranched alkanes of at least 4 members (excludes halogenated alkanes) is 6. The van der Waals surface area contributed by atoms with E-state index < -0.39 is 10.1 Å². The predicted molar refractivity (Wildman–Crippen MR) is 104 cm³/mol. The molecule has 2 aromatic rings. The van der Waals surface area contributed by atoms with Crippen molar-refractivity contribution in [2.75, 3.05) is 0 Å². The molecular formula is C21H27NaO5S. The van der Waals surface area contributed by atoms with Gasteiger partial charge >= 0.3 is 29.6 Å². The van der Waals surface area contributed by atoms with E-state index in [4.69, 9.17) is 9.29 Å². The summed E-state index contributed by atoms with van der Waals surface area (Å²) >= 11 is 0. The quantitative estimate of drug-likeness (QED) is 0.346. The second-order valence-electron chi connectivity index (χ2n) is 6.69. The number of rotatable bonds is 11. The van der Waals surface area contributed by atoms with Crippen molar-refractivity contribution in [2.45, 2.75) is 63.2 Å². The zero-order chi connectivity index (χ0) is 19.7. The summed E-state index contributed by atoms with van der Waals surface area (Å²) in [5.74, 6) is 0.768. The van der Waals surface area contributed by atoms with E-state index in [-0.39, 0.29) is 40.2 Å². The fourth-order valence-electron chi connectivity index (χ4n) is 2.92. The van der Waals surface area contributed by atoms with Gasteiger partial charge in [0.05, 0.1) is 4.90 Å². The molecule has 0 aliphatic heterocycles. The number of benzene rings is 2. The molecule has 0 spiro atoms. The summed E-state index contributed by atoms with van der Waals surface area (Å²) in [6, 6.07) is 10.2. The molecule has 148 valence electrons. The van der Waals surface area contributed by atoms with Crippen molar-refractivity contribution in [3.63, 3.8) is 0 Å². The van der Waals surface area contributed by atoms with Gasteiger partial charge in [-0.25, -0.2) is 0 Å². The Labute approximate surface area is 190 Å². The van der Waals surface area contributed by atoms with Crippen molar-refractivity contribution in [3.8, 4) is 17.2 Å². The molecule has 0 saturated carbocycles. The maximum absolute atomic E-state index is 11.7. The molecule has 0 bridgehead atoms.